The Balaban J connectivity index is 1.93. The maximum Gasteiger partial charge on any atom is 0.240 e. The largest absolute Gasteiger partial charge is 0.412 e. The van der Waals surface area contributed by atoms with Crippen LogP contribution < -0.4 is 4.72 Å². The van der Waals surface area contributed by atoms with Gasteiger partial charge >= 0.3 is 0 Å². The summed E-state index contributed by atoms with van der Waals surface area (Å²) in [5.74, 6) is 0. The van der Waals surface area contributed by atoms with Gasteiger partial charge in [0, 0.05) is 17.7 Å². The van der Waals surface area contributed by atoms with E-state index < -0.39 is 18.3 Å². The third kappa shape index (κ3) is 6.54. The Morgan fingerprint density at radius 2 is 1.76 bits per heavy atom. The van der Waals surface area contributed by atoms with E-state index in [2.05, 4.69) is 50.4 Å². The second-order valence-electron chi connectivity index (χ2n) is 10.0. The number of hydrogen-bond donors (Lipinski definition) is 1. The monoisotopic (exact) mass is 485 g/mol. The van der Waals surface area contributed by atoms with E-state index in [0.29, 0.717) is 19.8 Å². The van der Waals surface area contributed by atoms with Crippen LogP contribution in [0.1, 0.15) is 37.5 Å². The van der Waals surface area contributed by atoms with Crippen LogP contribution in [0.4, 0.5) is 0 Å². The number of hydrogen-bond acceptors (Lipinski definition) is 4. The van der Waals surface area contributed by atoms with E-state index in [1.54, 1.807) is 24.3 Å². The molecular formula is C26H35NO4SSi. The predicted molar refractivity (Wildman–Crippen MR) is 136 cm³/mol. The first-order chi connectivity index (χ1) is 15.4. The molecule has 1 heterocycles. The van der Waals surface area contributed by atoms with Crippen molar-refractivity contribution in [3.8, 4) is 0 Å². The van der Waals surface area contributed by atoms with Gasteiger partial charge in [-0.2, -0.15) is 0 Å². The summed E-state index contributed by atoms with van der Waals surface area (Å²) in [7, 11) is -5.68. The molecule has 0 unspecified atom stereocenters. The molecule has 0 aliphatic carbocycles. The average Bonchev–Trinajstić information content (AvgIpc) is 2.75. The first kappa shape index (κ1) is 25.6. The van der Waals surface area contributed by atoms with Gasteiger partial charge in [-0.05, 0) is 48.3 Å². The SMILES string of the molecule is Cc1ccc(S(=O)(=O)NCC(=C=C2COCc3ccccc32)CO[Si](C)(C)C(C)(C)C)cc1. The number of fused-ring (bicyclic) bond motifs is 1. The van der Waals surface area contributed by atoms with E-state index in [0.717, 1.165) is 27.8 Å². The molecule has 2 aromatic rings. The highest BCUT2D eigenvalue weighted by molar-refractivity contribution is 7.89. The van der Waals surface area contributed by atoms with Crippen molar-refractivity contribution in [3.63, 3.8) is 0 Å². The maximum atomic E-state index is 12.9. The summed E-state index contributed by atoms with van der Waals surface area (Å²) in [6.45, 7) is 14.3. The Labute approximate surface area is 199 Å². The lowest BCUT2D eigenvalue weighted by Crippen LogP contribution is -2.41. The van der Waals surface area contributed by atoms with Gasteiger partial charge in [0.2, 0.25) is 10.0 Å². The zero-order chi connectivity index (χ0) is 24.3. The topological polar surface area (TPSA) is 64.6 Å². The highest BCUT2D eigenvalue weighted by atomic mass is 32.2. The van der Waals surface area contributed by atoms with Crippen molar-refractivity contribution in [2.24, 2.45) is 0 Å². The molecular weight excluding hydrogens is 450 g/mol. The smallest absolute Gasteiger partial charge is 0.240 e. The minimum atomic E-state index is -3.65. The molecule has 0 bridgehead atoms. The highest BCUT2D eigenvalue weighted by Crippen LogP contribution is 2.36. The minimum absolute atomic E-state index is 0.0488. The molecule has 0 saturated carbocycles. The van der Waals surface area contributed by atoms with Crippen LogP contribution in [0.15, 0.2) is 64.7 Å². The second-order valence-corrected chi connectivity index (χ2v) is 16.6. The van der Waals surface area contributed by atoms with Crippen LogP contribution in [0.25, 0.3) is 5.57 Å². The molecule has 0 atom stereocenters. The van der Waals surface area contributed by atoms with Crippen LogP contribution in [0.3, 0.4) is 0 Å². The quantitative estimate of drug-likeness (QED) is 0.419. The van der Waals surface area contributed by atoms with Gasteiger partial charge in [0.15, 0.2) is 8.32 Å². The van der Waals surface area contributed by atoms with Crippen molar-refractivity contribution in [3.05, 3.63) is 76.5 Å². The summed E-state index contributed by atoms with van der Waals surface area (Å²) >= 11 is 0. The van der Waals surface area contributed by atoms with Crippen molar-refractivity contribution in [1.82, 2.24) is 4.72 Å². The lowest BCUT2D eigenvalue weighted by molar-refractivity contribution is 0.146. The molecule has 1 aliphatic rings. The Morgan fingerprint density at radius 3 is 2.42 bits per heavy atom. The third-order valence-corrected chi connectivity index (χ3v) is 12.3. The van der Waals surface area contributed by atoms with E-state index in [4.69, 9.17) is 9.16 Å². The molecule has 178 valence electrons. The van der Waals surface area contributed by atoms with Crippen LogP contribution in [0.2, 0.25) is 18.1 Å². The highest BCUT2D eigenvalue weighted by Gasteiger charge is 2.37. The molecule has 0 fully saturated rings. The van der Waals surface area contributed by atoms with Gasteiger partial charge in [0.05, 0.1) is 24.7 Å². The number of nitrogens with one attached hydrogen (secondary N) is 1. The lowest BCUT2D eigenvalue weighted by atomic mass is 9.98. The van der Waals surface area contributed by atoms with E-state index in [9.17, 15) is 8.42 Å². The molecule has 1 N–H and O–H groups in total. The Hall–Kier alpha value is -1.99. The zero-order valence-electron chi connectivity index (χ0n) is 20.5. The van der Waals surface area contributed by atoms with Crippen LogP contribution in [0.5, 0.6) is 0 Å². The fraction of sp³-hybridized carbons (Fsp3) is 0.423. The molecule has 0 aromatic heterocycles. The van der Waals surface area contributed by atoms with E-state index >= 15 is 0 Å². The second kappa shape index (κ2) is 10.1. The maximum absolute atomic E-state index is 12.9. The van der Waals surface area contributed by atoms with E-state index in [1.165, 1.54) is 0 Å². The molecule has 0 amide bonds. The van der Waals surface area contributed by atoms with Crippen LogP contribution >= 0.6 is 0 Å². The molecule has 0 radical (unpaired) electrons. The first-order valence-electron chi connectivity index (χ1n) is 11.2. The molecule has 0 saturated heterocycles. The summed E-state index contributed by atoms with van der Waals surface area (Å²) in [5.41, 5.74) is 8.33. The third-order valence-electron chi connectivity index (χ3n) is 6.39. The van der Waals surface area contributed by atoms with Gasteiger partial charge < -0.3 is 9.16 Å². The summed E-state index contributed by atoms with van der Waals surface area (Å²) in [6.07, 6.45) is 0. The Kier molecular flexibility index (Phi) is 7.84. The average molecular weight is 486 g/mol. The Morgan fingerprint density at radius 1 is 1.09 bits per heavy atom. The summed E-state index contributed by atoms with van der Waals surface area (Å²) < 4.78 is 40.7. The van der Waals surface area contributed by atoms with Crippen molar-refractivity contribution in [1.29, 1.82) is 0 Å². The number of rotatable bonds is 7. The molecule has 7 heteroatoms. The normalized spacial score (nSPS) is 14.5. The van der Waals surface area contributed by atoms with Gasteiger partial charge in [0.1, 0.15) is 0 Å². The fourth-order valence-electron chi connectivity index (χ4n) is 3.20. The van der Waals surface area contributed by atoms with Crippen LogP contribution in [-0.2, 0) is 25.8 Å². The van der Waals surface area contributed by atoms with E-state index in [1.807, 2.05) is 25.1 Å². The van der Waals surface area contributed by atoms with Gasteiger partial charge in [-0.3, -0.25) is 0 Å². The van der Waals surface area contributed by atoms with Gasteiger partial charge in [-0.15, -0.1) is 5.73 Å². The number of ether oxygens (including phenoxy) is 1. The predicted octanol–water partition coefficient (Wildman–Crippen LogP) is 5.43. The zero-order valence-corrected chi connectivity index (χ0v) is 22.3. The van der Waals surface area contributed by atoms with Crippen molar-refractivity contribution < 1.29 is 17.6 Å². The van der Waals surface area contributed by atoms with Crippen molar-refractivity contribution >= 4 is 23.9 Å². The van der Waals surface area contributed by atoms with Crippen LogP contribution in [-0.4, -0.2) is 36.5 Å². The van der Waals surface area contributed by atoms with E-state index in [-0.39, 0.29) is 16.5 Å². The molecule has 5 nitrogen and oxygen atoms in total. The first-order valence-corrected chi connectivity index (χ1v) is 15.6. The van der Waals surface area contributed by atoms with Crippen molar-refractivity contribution in [2.45, 2.75) is 57.3 Å². The summed E-state index contributed by atoms with van der Waals surface area (Å²) in [5, 5.41) is 0.0488. The molecule has 2 aromatic carbocycles. The molecule has 3 rings (SSSR count). The Bertz CT molecular complexity index is 1160. The lowest BCUT2D eigenvalue weighted by Gasteiger charge is -2.36. The summed E-state index contributed by atoms with van der Waals surface area (Å²) in [4.78, 5) is 0.247. The molecule has 33 heavy (non-hydrogen) atoms. The number of aryl methyl sites for hydroxylation is 1. The number of sulfonamides is 1. The molecule has 0 spiro atoms. The van der Waals surface area contributed by atoms with Gasteiger partial charge in [-0.25, -0.2) is 13.1 Å². The standard InChI is InChI=1S/C26H35NO4SSi/c1-20-11-13-24(14-12-20)32(28,29)27-16-21(17-31-33(5,6)26(2,3)4)15-23-19-30-18-22-9-7-8-10-25(22)23/h7-14,27H,16-19H2,1-6H3. The van der Waals surface area contributed by atoms with Crippen molar-refractivity contribution in [2.75, 3.05) is 19.8 Å². The van der Waals surface area contributed by atoms with Gasteiger partial charge in [0.25, 0.3) is 0 Å². The summed E-state index contributed by atoms with van der Waals surface area (Å²) in [6, 6.07) is 14.9. The molecule has 1 aliphatic heterocycles. The van der Waals surface area contributed by atoms with Crippen LogP contribution in [0, 0.1) is 6.92 Å². The van der Waals surface area contributed by atoms with Gasteiger partial charge in [-0.1, -0.05) is 62.7 Å². The minimum Gasteiger partial charge on any atom is -0.412 e. The number of benzene rings is 2. The fourth-order valence-corrected chi connectivity index (χ4v) is 5.19.